The van der Waals surface area contributed by atoms with Crippen LogP contribution in [0.2, 0.25) is 0 Å². The van der Waals surface area contributed by atoms with Crippen LogP contribution in [0.15, 0.2) is 42.7 Å². The van der Waals surface area contributed by atoms with Crippen molar-refractivity contribution in [3.05, 3.63) is 48.5 Å². The zero-order valence-electron chi connectivity index (χ0n) is 9.34. The van der Waals surface area contributed by atoms with E-state index in [1.165, 1.54) is 12.1 Å². The summed E-state index contributed by atoms with van der Waals surface area (Å²) in [5.41, 5.74) is 8.28. The van der Waals surface area contributed by atoms with Gasteiger partial charge in [0.05, 0.1) is 23.1 Å². The molecule has 0 fully saturated rings. The smallest absolute Gasteiger partial charge is 0.136 e. The molecule has 0 atom stereocenters. The summed E-state index contributed by atoms with van der Waals surface area (Å²) in [4.78, 5) is 0. The van der Waals surface area contributed by atoms with Gasteiger partial charge in [-0.15, -0.1) is 0 Å². The van der Waals surface area contributed by atoms with Gasteiger partial charge in [-0.1, -0.05) is 0 Å². The zero-order chi connectivity index (χ0) is 12.5. The van der Waals surface area contributed by atoms with E-state index in [0.29, 0.717) is 11.5 Å². The number of aromatic nitrogens is 4. The number of nitrogens with zero attached hydrogens (tertiary/aromatic N) is 3. The highest BCUT2D eigenvalue weighted by Crippen LogP contribution is 2.25. The first kappa shape index (κ1) is 10.5. The Balaban J connectivity index is 2.07. The minimum atomic E-state index is -0.293. The molecule has 3 N–H and O–H groups in total. The molecule has 1 aromatic carbocycles. The maximum Gasteiger partial charge on any atom is 0.136 e. The third-order valence-electron chi connectivity index (χ3n) is 2.67. The van der Waals surface area contributed by atoms with Gasteiger partial charge in [-0.2, -0.15) is 10.2 Å². The molecule has 0 saturated carbocycles. The highest BCUT2D eigenvalue weighted by molar-refractivity contribution is 5.71. The fourth-order valence-electron chi connectivity index (χ4n) is 1.76. The Morgan fingerprint density at radius 2 is 1.94 bits per heavy atom. The van der Waals surface area contributed by atoms with E-state index in [4.69, 9.17) is 5.73 Å². The van der Waals surface area contributed by atoms with E-state index in [0.717, 1.165) is 11.3 Å². The number of benzene rings is 1. The highest BCUT2D eigenvalue weighted by atomic mass is 19.1. The second kappa shape index (κ2) is 3.99. The number of nitrogen functional groups attached to an aromatic ring is 1. The van der Waals surface area contributed by atoms with Gasteiger partial charge in [-0.3, -0.25) is 5.10 Å². The number of H-pyrrole nitrogens is 1. The third kappa shape index (κ3) is 1.64. The molecule has 5 nitrogen and oxygen atoms in total. The van der Waals surface area contributed by atoms with Gasteiger partial charge in [0.2, 0.25) is 0 Å². The molecule has 0 aliphatic heterocycles. The summed E-state index contributed by atoms with van der Waals surface area (Å²) < 4.78 is 14.4. The molecule has 0 unspecified atom stereocenters. The van der Waals surface area contributed by atoms with Gasteiger partial charge in [0.15, 0.2) is 0 Å². The van der Waals surface area contributed by atoms with E-state index < -0.39 is 0 Å². The first-order valence-corrected chi connectivity index (χ1v) is 5.35. The summed E-state index contributed by atoms with van der Waals surface area (Å²) in [5, 5.41) is 10.9. The van der Waals surface area contributed by atoms with E-state index in [1.54, 1.807) is 29.2 Å². The SMILES string of the molecule is Nc1c(-c2ccn[nH]2)cnn1-c1ccc(F)cc1. The first-order valence-electron chi connectivity index (χ1n) is 5.35. The van der Waals surface area contributed by atoms with Crippen molar-refractivity contribution in [2.45, 2.75) is 0 Å². The van der Waals surface area contributed by atoms with E-state index >= 15 is 0 Å². The topological polar surface area (TPSA) is 72.5 Å². The second-order valence-corrected chi connectivity index (χ2v) is 3.80. The van der Waals surface area contributed by atoms with Crippen LogP contribution < -0.4 is 5.73 Å². The fourth-order valence-corrected chi connectivity index (χ4v) is 1.76. The predicted octanol–water partition coefficient (Wildman–Crippen LogP) is 1.98. The Morgan fingerprint density at radius 1 is 1.17 bits per heavy atom. The number of halogens is 1. The van der Waals surface area contributed by atoms with Crippen molar-refractivity contribution in [3.63, 3.8) is 0 Å². The Hall–Kier alpha value is -2.63. The van der Waals surface area contributed by atoms with Crippen LogP contribution in [0.5, 0.6) is 0 Å². The molecule has 0 aliphatic rings. The minimum Gasteiger partial charge on any atom is -0.383 e. The number of hydrogen-bond acceptors (Lipinski definition) is 3. The molecular formula is C12H10FN5. The fraction of sp³-hybridized carbons (Fsp3) is 0. The summed E-state index contributed by atoms with van der Waals surface area (Å²) >= 11 is 0. The number of anilines is 1. The zero-order valence-corrected chi connectivity index (χ0v) is 9.34. The molecule has 18 heavy (non-hydrogen) atoms. The van der Waals surface area contributed by atoms with Crippen LogP contribution in [0, 0.1) is 5.82 Å². The van der Waals surface area contributed by atoms with Crippen LogP contribution in [0.3, 0.4) is 0 Å². The molecule has 0 amide bonds. The molecule has 0 bridgehead atoms. The van der Waals surface area contributed by atoms with Crippen molar-refractivity contribution < 1.29 is 4.39 Å². The Bertz CT molecular complexity index is 654. The van der Waals surface area contributed by atoms with Crippen molar-refractivity contribution in [2.75, 3.05) is 5.73 Å². The van der Waals surface area contributed by atoms with Crippen LogP contribution >= 0.6 is 0 Å². The molecule has 0 saturated heterocycles. The third-order valence-corrected chi connectivity index (χ3v) is 2.67. The van der Waals surface area contributed by atoms with E-state index in [9.17, 15) is 4.39 Å². The monoisotopic (exact) mass is 243 g/mol. The van der Waals surface area contributed by atoms with Crippen LogP contribution in [0.25, 0.3) is 16.9 Å². The van der Waals surface area contributed by atoms with E-state index in [-0.39, 0.29) is 5.82 Å². The lowest BCUT2D eigenvalue weighted by Gasteiger charge is -2.04. The average Bonchev–Trinajstić information content (AvgIpc) is 2.99. The van der Waals surface area contributed by atoms with Crippen molar-refractivity contribution in [1.29, 1.82) is 0 Å². The average molecular weight is 243 g/mol. The number of nitrogens with one attached hydrogen (secondary N) is 1. The van der Waals surface area contributed by atoms with E-state index in [1.807, 2.05) is 6.07 Å². The number of aromatic amines is 1. The van der Waals surface area contributed by atoms with Crippen molar-refractivity contribution in [2.24, 2.45) is 0 Å². The van der Waals surface area contributed by atoms with Gasteiger partial charge in [-0.25, -0.2) is 9.07 Å². The lowest BCUT2D eigenvalue weighted by atomic mass is 10.2. The van der Waals surface area contributed by atoms with Crippen molar-refractivity contribution in [3.8, 4) is 16.9 Å². The maximum atomic E-state index is 12.9. The second-order valence-electron chi connectivity index (χ2n) is 3.80. The first-order chi connectivity index (χ1) is 8.75. The molecule has 6 heteroatoms. The molecule has 0 spiro atoms. The molecule has 2 heterocycles. The summed E-state index contributed by atoms with van der Waals surface area (Å²) in [6.45, 7) is 0. The normalized spacial score (nSPS) is 10.7. The van der Waals surface area contributed by atoms with Crippen molar-refractivity contribution in [1.82, 2.24) is 20.0 Å². The molecule has 3 rings (SSSR count). The predicted molar refractivity (Wildman–Crippen MR) is 65.5 cm³/mol. The molecule has 3 aromatic rings. The minimum absolute atomic E-state index is 0.293. The molecule has 90 valence electrons. The van der Waals surface area contributed by atoms with Crippen LogP contribution in [-0.2, 0) is 0 Å². The maximum absolute atomic E-state index is 12.9. The summed E-state index contributed by atoms with van der Waals surface area (Å²) in [5.74, 6) is 0.184. The summed E-state index contributed by atoms with van der Waals surface area (Å²) in [6, 6.07) is 7.78. The quantitative estimate of drug-likeness (QED) is 0.722. The van der Waals surface area contributed by atoms with Gasteiger partial charge < -0.3 is 5.73 Å². The molecule has 2 aromatic heterocycles. The largest absolute Gasteiger partial charge is 0.383 e. The van der Waals surface area contributed by atoms with E-state index in [2.05, 4.69) is 15.3 Å². The molecular weight excluding hydrogens is 233 g/mol. The van der Waals surface area contributed by atoms with Gasteiger partial charge in [0.25, 0.3) is 0 Å². The number of rotatable bonds is 2. The van der Waals surface area contributed by atoms with Gasteiger partial charge >= 0.3 is 0 Å². The molecule has 0 aliphatic carbocycles. The number of hydrogen-bond donors (Lipinski definition) is 2. The van der Waals surface area contributed by atoms with Gasteiger partial charge in [0.1, 0.15) is 11.6 Å². The van der Waals surface area contributed by atoms with Crippen LogP contribution in [0.4, 0.5) is 10.2 Å². The standard InChI is InChI=1S/C12H10FN5/c13-8-1-3-9(4-2-8)18-12(14)10(7-16-18)11-5-6-15-17-11/h1-7H,14H2,(H,15,17). The highest BCUT2D eigenvalue weighted by Gasteiger charge is 2.11. The summed E-state index contributed by atoms with van der Waals surface area (Å²) in [7, 11) is 0. The Morgan fingerprint density at radius 3 is 2.61 bits per heavy atom. The van der Waals surface area contributed by atoms with Crippen LogP contribution in [0.1, 0.15) is 0 Å². The Kier molecular flexibility index (Phi) is 2.33. The Labute approximate surface area is 102 Å². The van der Waals surface area contributed by atoms with Gasteiger partial charge in [0, 0.05) is 6.20 Å². The lowest BCUT2D eigenvalue weighted by molar-refractivity contribution is 0.627. The van der Waals surface area contributed by atoms with Gasteiger partial charge in [-0.05, 0) is 30.3 Å². The van der Waals surface area contributed by atoms with Crippen molar-refractivity contribution >= 4 is 5.82 Å². The lowest BCUT2D eigenvalue weighted by Crippen LogP contribution is -2.02. The summed E-state index contributed by atoms with van der Waals surface area (Å²) in [6.07, 6.45) is 3.29. The van der Waals surface area contributed by atoms with Crippen LogP contribution in [-0.4, -0.2) is 20.0 Å². The number of nitrogens with two attached hydrogens (primary N) is 1. The molecule has 0 radical (unpaired) electrons.